The molecule has 2 unspecified atom stereocenters. The van der Waals surface area contributed by atoms with E-state index in [0.29, 0.717) is 6.54 Å². The van der Waals surface area contributed by atoms with Crippen molar-refractivity contribution < 1.29 is 18.7 Å². The van der Waals surface area contributed by atoms with Crippen molar-refractivity contribution in [3.8, 4) is 0 Å². The summed E-state index contributed by atoms with van der Waals surface area (Å²) in [4.78, 5) is 16.5. The Bertz CT molecular complexity index is 1140. The number of amides is 1. The molecule has 1 saturated carbocycles. The molecule has 0 bridgehead atoms. The third-order valence-electron chi connectivity index (χ3n) is 10.4. The first kappa shape index (κ1) is 35.2. The number of carbonyl (C=O) groups is 1. The first-order chi connectivity index (χ1) is 20.5. The van der Waals surface area contributed by atoms with E-state index in [1.807, 2.05) is 27.8 Å². The van der Waals surface area contributed by atoms with Crippen molar-refractivity contribution in [2.45, 2.75) is 148 Å². The quantitative estimate of drug-likeness (QED) is 0.255. The fourth-order valence-corrected chi connectivity index (χ4v) is 8.13. The Kier molecular flexibility index (Phi) is 11.2. The third-order valence-corrected chi connectivity index (χ3v) is 14.9. The fraction of sp³-hybridized carbons (Fsp3) is 0.829. The number of nitrogens with zero attached hydrogens (tertiary/aromatic N) is 4. The van der Waals surface area contributed by atoms with Crippen LogP contribution in [0.1, 0.15) is 123 Å². The third kappa shape index (κ3) is 8.77. The van der Waals surface area contributed by atoms with Crippen LogP contribution < -0.4 is 0 Å². The maximum Gasteiger partial charge on any atom is 0.410 e. The van der Waals surface area contributed by atoms with Gasteiger partial charge in [-0.3, -0.25) is 0 Å². The average molecular weight is 631 g/mol. The summed E-state index contributed by atoms with van der Waals surface area (Å²) in [5.74, 6) is 0. The number of likely N-dealkylation sites (N-methyl/N-ethyl adjacent to an activating group) is 2. The highest BCUT2D eigenvalue weighted by Crippen LogP contribution is 2.53. The second-order valence-corrected chi connectivity index (χ2v) is 21.1. The van der Waals surface area contributed by atoms with E-state index in [1.54, 1.807) is 4.90 Å². The molecule has 1 aliphatic heterocycles. The lowest BCUT2D eigenvalue weighted by Gasteiger charge is -2.50. The minimum atomic E-state index is -1.90. The number of aromatic nitrogens is 2. The molecule has 250 valence electrons. The van der Waals surface area contributed by atoms with E-state index in [0.717, 1.165) is 51.1 Å². The average Bonchev–Trinajstić information content (AvgIpc) is 3.36. The van der Waals surface area contributed by atoms with Crippen LogP contribution in [0.5, 0.6) is 0 Å². The topological polar surface area (TPSA) is 69.1 Å². The zero-order chi connectivity index (χ0) is 32.3. The Balaban J connectivity index is 1.57. The highest BCUT2D eigenvalue weighted by molar-refractivity contribution is 6.74. The molecule has 4 rings (SSSR count). The maximum atomic E-state index is 12.5. The standard InChI is InChI=1S/C35H62N4O4Si/c1-33(2,3)42-32(40)38(8)22-21-37(7)25-28-26-39(30-16-12-15-23-41-30)36-31(28)27-17-18-29(43-44(9,10)34(4,5)6)35(24-27)19-13-11-14-20-35/h17,26,29-30H,11-16,18-25H2,1-10H3. The van der Waals surface area contributed by atoms with E-state index in [-0.39, 0.29) is 28.9 Å². The number of rotatable bonds is 9. The largest absolute Gasteiger partial charge is 0.444 e. The predicted octanol–water partition coefficient (Wildman–Crippen LogP) is 8.40. The van der Waals surface area contributed by atoms with Gasteiger partial charge in [0.05, 0.1) is 11.8 Å². The van der Waals surface area contributed by atoms with Crippen LogP contribution in [0, 0.1) is 5.41 Å². The molecule has 2 aliphatic carbocycles. The van der Waals surface area contributed by atoms with Gasteiger partial charge in [-0.2, -0.15) is 5.10 Å². The molecule has 44 heavy (non-hydrogen) atoms. The molecule has 1 aromatic rings. The van der Waals surface area contributed by atoms with E-state index in [4.69, 9.17) is 19.0 Å². The van der Waals surface area contributed by atoms with Crippen LogP contribution in [-0.2, 0) is 20.4 Å². The molecular weight excluding hydrogens is 568 g/mol. The first-order valence-corrected chi connectivity index (χ1v) is 20.1. The van der Waals surface area contributed by atoms with Gasteiger partial charge in [-0.15, -0.1) is 0 Å². The minimum Gasteiger partial charge on any atom is -0.444 e. The van der Waals surface area contributed by atoms with Gasteiger partial charge in [0.2, 0.25) is 0 Å². The van der Waals surface area contributed by atoms with Crippen molar-refractivity contribution in [1.82, 2.24) is 19.6 Å². The van der Waals surface area contributed by atoms with Gasteiger partial charge in [0, 0.05) is 45.0 Å². The monoisotopic (exact) mass is 630 g/mol. The molecule has 0 N–H and O–H groups in total. The van der Waals surface area contributed by atoms with Gasteiger partial charge in [-0.1, -0.05) is 46.1 Å². The van der Waals surface area contributed by atoms with Crippen molar-refractivity contribution in [3.05, 3.63) is 23.5 Å². The normalized spacial score (nSPS) is 23.1. The Labute approximate surface area is 269 Å². The number of allylic oxidation sites excluding steroid dienone is 1. The van der Waals surface area contributed by atoms with Crippen molar-refractivity contribution in [1.29, 1.82) is 0 Å². The molecule has 1 saturated heterocycles. The lowest BCUT2D eigenvalue weighted by atomic mass is 9.63. The highest BCUT2D eigenvalue weighted by atomic mass is 28.4. The smallest absolute Gasteiger partial charge is 0.410 e. The Morgan fingerprint density at radius 2 is 1.77 bits per heavy atom. The van der Waals surface area contributed by atoms with Crippen LogP contribution in [0.15, 0.2) is 12.3 Å². The SMILES string of the molecule is CN(CCN(C)C(=O)OC(C)(C)C)Cc1cn(C2CCCCO2)nc1C1=CCC(O[Si](C)(C)C(C)(C)C)C2(CCCCC2)C1. The molecule has 2 atom stereocenters. The van der Waals surface area contributed by atoms with E-state index in [9.17, 15) is 4.79 Å². The van der Waals surface area contributed by atoms with Crippen LogP contribution in [0.4, 0.5) is 4.79 Å². The first-order valence-electron chi connectivity index (χ1n) is 17.2. The molecule has 1 spiro atoms. The molecule has 9 heteroatoms. The Morgan fingerprint density at radius 1 is 1.07 bits per heavy atom. The van der Waals surface area contributed by atoms with Crippen LogP contribution >= 0.6 is 0 Å². The van der Waals surface area contributed by atoms with Gasteiger partial charge in [-0.05, 0) is 102 Å². The molecule has 2 heterocycles. The van der Waals surface area contributed by atoms with Crippen LogP contribution in [-0.4, -0.2) is 79.5 Å². The predicted molar refractivity (Wildman–Crippen MR) is 181 cm³/mol. The van der Waals surface area contributed by atoms with Gasteiger partial charge < -0.3 is 23.7 Å². The summed E-state index contributed by atoms with van der Waals surface area (Å²) in [5, 5.41) is 5.47. The van der Waals surface area contributed by atoms with E-state index < -0.39 is 13.9 Å². The molecular formula is C35H62N4O4Si. The lowest BCUT2D eigenvalue weighted by molar-refractivity contribution is -0.0396. The van der Waals surface area contributed by atoms with Gasteiger partial charge in [0.25, 0.3) is 0 Å². The summed E-state index contributed by atoms with van der Waals surface area (Å²) in [5.41, 5.74) is 3.43. The Hall–Kier alpha value is -1.68. The zero-order valence-electron chi connectivity index (χ0n) is 29.6. The van der Waals surface area contributed by atoms with Crippen LogP contribution in [0.25, 0.3) is 5.57 Å². The summed E-state index contributed by atoms with van der Waals surface area (Å²) < 4.78 is 21.0. The molecule has 1 amide bonds. The van der Waals surface area contributed by atoms with Crippen molar-refractivity contribution in [2.75, 3.05) is 33.8 Å². The summed E-state index contributed by atoms with van der Waals surface area (Å²) in [6.45, 7) is 20.5. The molecule has 2 fully saturated rings. The lowest BCUT2D eigenvalue weighted by Crippen LogP contribution is -2.50. The number of hydrogen-bond acceptors (Lipinski definition) is 6. The maximum absolute atomic E-state index is 12.5. The van der Waals surface area contributed by atoms with Gasteiger partial charge in [0.15, 0.2) is 8.32 Å². The van der Waals surface area contributed by atoms with Gasteiger partial charge in [-0.25, -0.2) is 9.48 Å². The summed E-state index contributed by atoms with van der Waals surface area (Å²) >= 11 is 0. The van der Waals surface area contributed by atoms with Crippen LogP contribution in [0.3, 0.4) is 0 Å². The molecule has 0 radical (unpaired) electrons. The van der Waals surface area contributed by atoms with E-state index >= 15 is 0 Å². The van der Waals surface area contributed by atoms with E-state index in [1.165, 1.54) is 49.7 Å². The van der Waals surface area contributed by atoms with Crippen molar-refractivity contribution in [3.63, 3.8) is 0 Å². The molecule has 0 aromatic carbocycles. The summed E-state index contributed by atoms with van der Waals surface area (Å²) in [6.07, 6.45) is 16.4. The number of hydrogen-bond donors (Lipinski definition) is 0. The van der Waals surface area contributed by atoms with Gasteiger partial charge in [0.1, 0.15) is 11.8 Å². The second-order valence-electron chi connectivity index (χ2n) is 16.4. The Morgan fingerprint density at radius 3 is 2.39 bits per heavy atom. The zero-order valence-corrected chi connectivity index (χ0v) is 30.6. The molecule has 1 aromatic heterocycles. The van der Waals surface area contributed by atoms with Crippen molar-refractivity contribution >= 4 is 20.0 Å². The van der Waals surface area contributed by atoms with Crippen molar-refractivity contribution in [2.24, 2.45) is 5.41 Å². The molecule has 3 aliphatic rings. The molecule has 8 nitrogen and oxygen atoms in total. The fourth-order valence-electron chi connectivity index (χ4n) is 6.72. The van der Waals surface area contributed by atoms with Crippen LogP contribution in [0.2, 0.25) is 18.1 Å². The number of ether oxygens (including phenoxy) is 2. The summed E-state index contributed by atoms with van der Waals surface area (Å²) in [6, 6.07) is 0. The van der Waals surface area contributed by atoms with Gasteiger partial charge >= 0.3 is 6.09 Å². The second kappa shape index (κ2) is 14.0. The summed E-state index contributed by atoms with van der Waals surface area (Å²) in [7, 11) is 2.03. The minimum absolute atomic E-state index is 0.00218. The van der Waals surface area contributed by atoms with E-state index in [2.05, 4.69) is 62.8 Å². The highest BCUT2D eigenvalue weighted by Gasteiger charge is 2.48. The number of carbonyl (C=O) groups excluding carboxylic acids is 1.